The second-order valence-corrected chi connectivity index (χ2v) is 7.16. The fraction of sp³-hybridized carbons (Fsp3) is 0.348. The second-order valence-electron chi connectivity index (χ2n) is 7.16. The van der Waals surface area contributed by atoms with Crippen molar-refractivity contribution in [3.63, 3.8) is 0 Å². The summed E-state index contributed by atoms with van der Waals surface area (Å²) >= 11 is 0. The topological polar surface area (TPSA) is 34.5 Å². The molecule has 0 atom stereocenters. The van der Waals surface area contributed by atoms with E-state index in [0.29, 0.717) is 13.2 Å². The van der Waals surface area contributed by atoms with Gasteiger partial charge < -0.3 is 14.2 Å². The van der Waals surface area contributed by atoms with Gasteiger partial charge in [-0.25, -0.2) is 0 Å². The Morgan fingerprint density at radius 2 is 1.85 bits per heavy atom. The van der Waals surface area contributed by atoms with Crippen LogP contribution in [0.5, 0.6) is 5.75 Å². The number of likely N-dealkylation sites (tertiary alicyclic amines) is 1. The maximum absolute atomic E-state index is 13.2. The van der Waals surface area contributed by atoms with Gasteiger partial charge in [0.2, 0.25) is 0 Å². The van der Waals surface area contributed by atoms with Crippen LogP contribution in [0.4, 0.5) is 0 Å². The summed E-state index contributed by atoms with van der Waals surface area (Å²) < 4.78 is 7.98. The molecule has 0 bridgehead atoms. The predicted octanol–water partition coefficient (Wildman–Crippen LogP) is 4.63. The first-order valence-corrected chi connectivity index (χ1v) is 9.78. The first-order valence-electron chi connectivity index (χ1n) is 9.78. The molecule has 0 N–H and O–H groups in total. The first kappa shape index (κ1) is 17.7. The highest BCUT2D eigenvalue weighted by molar-refractivity contribution is 6.00. The number of carbonyl (C=O) groups excluding carboxylic acids is 1. The monoisotopic (exact) mass is 362 g/mol. The van der Waals surface area contributed by atoms with Gasteiger partial charge in [0, 0.05) is 25.0 Å². The van der Waals surface area contributed by atoms with Crippen LogP contribution in [0.1, 0.15) is 41.4 Å². The normalized spacial score (nSPS) is 14.1. The molecule has 0 aliphatic carbocycles. The van der Waals surface area contributed by atoms with Crippen molar-refractivity contribution in [1.82, 2.24) is 9.47 Å². The number of amides is 1. The summed E-state index contributed by atoms with van der Waals surface area (Å²) in [6.45, 7) is 7.10. The quantitative estimate of drug-likeness (QED) is 0.663. The molecule has 1 aliphatic heterocycles. The summed E-state index contributed by atoms with van der Waals surface area (Å²) in [5, 5.41) is 1.01. The average molecular weight is 362 g/mol. The molecule has 2 aromatic carbocycles. The summed E-state index contributed by atoms with van der Waals surface area (Å²) in [4.78, 5) is 15.2. The van der Waals surface area contributed by atoms with Crippen LogP contribution < -0.4 is 4.74 Å². The summed E-state index contributed by atoms with van der Waals surface area (Å²) in [6.07, 6.45) is 2.18. The molecule has 27 heavy (non-hydrogen) atoms. The number of hydrogen-bond acceptors (Lipinski definition) is 2. The molecule has 0 radical (unpaired) electrons. The highest BCUT2D eigenvalue weighted by atomic mass is 16.5. The van der Waals surface area contributed by atoms with Crippen LogP contribution in [-0.2, 0) is 6.54 Å². The fourth-order valence-corrected chi connectivity index (χ4v) is 3.93. The lowest BCUT2D eigenvalue weighted by Crippen LogP contribution is -2.29. The van der Waals surface area contributed by atoms with Gasteiger partial charge in [-0.2, -0.15) is 0 Å². The van der Waals surface area contributed by atoms with Gasteiger partial charge in [-0.3, -0.25) is 4.79 Å². The average Bonchev–Trinajstić information content (AvgIpc) is 3.33. The summed E-state index contributed by atoms with van der Waals surface area (Å²) in [7, 11) is 0. The third kappa shape index (κ3) is 3.32. The minimum Gasteiger partial charge on any atom is -0.493 e. The van der Waals surface area contributed by atoms with Crippen LogP contribution in [-0.4, -0.2) is 35.1 Å². The van der Waals surface area contributed by atoms with Crippen LogP contribution in [0.25, 0.3) is 10.9 Å². The first-order chi connectivity index (χ1) is 13.2. The summed E-state index contributed by atoms with van der Waals surface area (Å²) in [5.41, 5.74) is 4.27. The van der Waals surface area contributed by atoms with Gasteiger partial charge >= 0.3 is 0 Å². The van der Waals surface area contributed by atoms with Gasteiger partial charge in [0.1, 0.15) is 11.4 Å². The number of aryl methyl sites for hydroxylation is 1. The summed E-state index contributed by atoms with van der Waals surface area (Å²) in [6, 6.07) is 16.4. The Hall–Kier alpha value is -2.75. The highest BCUT2D eigenvalue weighted by Crippen LogP contribution is 2.31. The number of carbonyl (C=O) groups is 1. The Bertz CT molecular complexity index is 968. The van der Waals surface area contributed by atoms with E-state index in [2.05, 4.69) is 41.8 Å². The second kappa shape index (κ2) is 7.47. The van der Waals surface area contributed by atoms with Gasteiger partial charge in [0.15, 0.2) is 0 Å². The third-order valence-corrected chi connectivity index (χ3v) is 5.41. The van der Waals surface area contributed by atoms with E-state index in [1.807, 2.05) is 30.0 Å². The van der Waals surface area contributed by atoms with Crippen molar-refractivity contribution in [2.45, 2.75) is 33.2 Å². The fourth-order valence-electron chi connectivity index (χ4n) is 3.93. The van der Waals surface area contributed by atoms with E-state index in [1.165, 1.54) is 11.1 Å². The smallest absolute Gasteiger partial charge is 0.270 e. The van der Waals surface area contributed by atoms with Crippen LogP contribution in [0.15, 0.2) is 48.5 Å². The van der Waals surface area contributed by atoms with Crippen molar-refractivity contribution in [1.29, 1.82) is 0 Å². The number of hydrogen-bond donors (Lipinski definition) is 0. The molecule has 4 nitrogen and oxygen atoms in total. The molecule has 1 amide bonds. The lowest BCUT2D eigenvalue weighted by Gasteiger charge is -2.18. The minimum absolute atomic E-state index is 0.125. The van der Waals surface area contributed by atoms with E-state index in [1.54, 1.807) is 0 Å². The Balaban J connectivity index is 1.85. The Kier molecular flexibility index (Phi) is 4.88. The van der Waals surface area contributed by atoms with Crippen molar-refractivity contribution in [2.24, 2.45) is 0 Å². The molecule has 1 saturated heterocycles. The van der Waals surface area contributed by atoms with E-state index >= 15 is 0 Å². The zero-order chi connectivity index (χ0) is 18.8. The summed E-state index contributed by atoms with van der Waals surface area (Å²) in [5.74, 6) is 0.966. The Morgan fingerprint density at radius 1 is 1.07 bits per heavy atom. The number of fused-ring (bicyclic) bond motifs is 1. The van der Waals surface area contributed by atoms with Gasteiger partial charge in [0.05, 0.1) is 12.1 Å². The van der Waals surface area contributed by atoms with E-state index in [-0.39, 0.29) is 5.91 Å². The van der Waals surface area contributed by atoms with E-state index in [9.17, 15) is 4.79 Å². The molecule has 0 saturated carbocycles. The molecule has 0 spiro atoms. The zero-order valence-electron chi connectivity index (χ0n) is 16.1. The van der Waals surface area contributed by atoms with Crippen molar-refractivity contribution in [3.8, 4) is 5.75 Å². The van der Waals surface area contributed by atoms with Crippen molar-refractivity contribution >= 4 is 16.8 Å². The largest absolute Gasteiger partial charge is 0.493 e. The lowest BCUT2D eigenvalue weighted by molar-refractivity contribution is 0.0783. The van der Waals surface area contributed by atoms with E-state index in [4.69, 9.17) is 4.74 Å². The predicted molar refractivity (Wildman–Crippen MR) is 109 cm³/mol. The SMILES string of the molecule is CCOc1cccc2c1cc(C(=O)N1CCCC1)n2Cc1ccccc1C. The van der Waals surface area contributed by atoms with Crippen LogP contribution in [0.2, 0.25) is 0 Å². The van der Waals surface area contributed by atoms with Crippen molar-refractivity contribution in [2.75, 3.05) is 19.7 Å². The van der Waals surface area contributed by atoms with Crippen LogP contribution in [0.3, 0.4) is 0 Å². The van der Waals surface area contributed by atoms with E-state index in [0.717, 1.165) is 48.3 Å². The van der Waals surface area contributed by atoms with Crippen LogP contribution in [0, 0.1) is 6.92 Å². The number of rotatable bonds is 5. The van der Waals surface area contributed by atoms with Crippen molar-refractivity contribution in [3.05, 3.63) is 65.4 Å². The maximum atomic E-state index is 13.2. The molecule has 4 rings (SSSR count). The molecular weight excluding hydrogens is 336 g/mol. The molecule has 140 valence electrons. The van der Waals surface area contributed by atoms with E-state index < -0.39 is 0 Å². The van der Waals surface area contributed by atoms with Crippen molar-refractivity contribution < 1.29 is 9.53 Å². The lowest BCUT2D eigenvalue weighted by atomic mass is 10.1. The number of aromatic nitrogens is 1. The zero-order valence-corrected chi connectivity index (χ0v) is 16.1. The molecule has 3 aromatic rings. The van der Waals surface area contributed by atoms with Gasteiger partial charge in [-0.15, -0.1) is 0 Å². The van der Waals surface area contributed by atoms with Gasteiger partial charge in [-0.1, -0.05) is 30.3 Å². The molecular formula is C23H26N2O2. The number of benzene rings is 2. The highest BCUT2D eigenvalue weighted by Gasteiger charge is 2.25. The number of nitrogens with zero attached hydrogens (tertiary/aromatic N) is 2. The van der Waals surface area contributed by atoms with Crippen LogP contribution >= 0.6 is 0 Å². The Morgan fingerprint density at radius 3 is 2.59 bits per heavy atom. The molecule has 2 heterocycles. The van der Waals surface area contributed by atoms with Gasteiger partial charge in [-0.05, 0) is 56.0 Å². The molecule has 4 heteroatoms. The standard InChI is InChI=1S/C23H26N2O2/c1-3-27-22-12-8-11-20-19(22)15-21(23(26)24-13-6-7-14-24)25(20)16-18-10-5-4-9-17(18)2/h4-5,8-12,15H,3,6-7,13-14,16H2,1-2H3. The molecule has 0 unspecified atom stereocenters. The van der Waals surface area contributed by atoms with Gasteiger partial charge in [0.25, 0.3) is 5.91 Å². The maximum Gasteiger partial charge on any atom is 0.270 e. The Labute approximate surface area is 160 Å². The number of ether oxygens (including phenoxy) is 1. The third-order valence-electron chi connectivity index (χ3n) is 5.41. The molecule has 1 aromatic heterocycles. The molecule has 1 aliphatic rings. The minimum atomic E-state index is 0.125. The molecule has 1 fully saturated rings.